The molecule has 0 bridgehead atoms. The molecule has 2 aromatic carbocycles. The highest BCUT2D eigenvalue weighted by molar-refractivity contribution is 6.31. The van der Waals surface area contributed by atoms with Gasteiger partial charge in [0.15, 0.2) is 0 Å². The molecule has 0 spiro atoms. The highest BCUT2D eigenvalue weighted by atomic mass is 35.5. The lowest BCUT2D eigenvalue weighted by molar-refractivity contribution is 0.303. The second-order valence-corrected chi connectivity index (χ2v) is 6.02. The lowest BCUT2D eigenvalue weighted by Gasteiger charge is -2.08. The van der Waals surface area contributed by atoms with Crippen molar-refractivity contribution in [1.29, 1.82) is 0 Å². The molecule has 0 amide bonds. The highest BCUT2D eigenvalue weighted by Crippen LogP contribution is 2.21. The van der Waals surface area contributed by atoms with Gasteiger partial charge in [-0.2, -0.15) is 0 Å². The Balaban J connectivity index is 1.48. The second kappa shape index (κ2) is 6.89. The normalized spacial score (nSPS) is 11.0. The van der Waals surface area contributed by atoms with Crippen LogP contribution in [0, 0.1) is 6.92 Å². The number of fused-ring (bicyclic) bond motifs is 1. The zero-order valence-corrected chi connectivity index (χ0v) is 13.5. The first kappa shape index (κ1) is 15.0. The summed E-state index contributed by atoms with van der Waals surface area (Å²) in [5.74, 6) is 0.959. The lowest BCUT2D eigenvalue weighted by atomic mass is 10.2. The van der Waals surface area contributed by atoms with Crippen molar-refractivity contribution < 1.29 is 4.74 Å². The molecule has 2 nitrogen and oxygen atoms in total. The number of benzene rings is 2. The minimum Gasteiger partial charge on any atom is -0.494 e. The number of rotatable bonds is 6. The average Bonchev–Trinajstić information content (AvgIpc) is 2.89. The fraction of sp³-hybridized carbons (Fsp3) is 0.263. The molecule has 3 aromatic rings. The van der Waals surface area contributed by atoms with Crippen molar-refractivity contribution in [3.05, 3.63) is 65.3 Å². The topological polar surface area (TPSA) is 14.2 Å². The molecule has 0 aliphatic rings. The number of unbranched alkanes of at least 4 members (excludes halogenated alkanes) is 1. The molecule has 0 saturated carbocycles. The van der Waals surface area contributed by atoms with Crippen LogP contribution in [0.1, 0.15) is 18.4 Å². The van der Waals surface area contributed by atoms with Crippen LogP contribution in [0.5, 0.6) is 5.75 Å². The number of hydrogen-bond donors (Lipinski definition) is 0. The number of aromatic nitrogens is 1. The molecule has 22 heavy (non-hydrogen) atoms. The molecule has 3 heteroatoms. The van der Waals surface area contributed by atoms with E-state index >= 15 is 0 Å². The lowest BCUT2D eigenvalue weighted by Crippen LogP contribution is -2.01. The number of ether oxygens (including phenoxy) is 1. The number of aryl methyl sites for hydroxylation is 2. The average molecular weight is 314 g/mol. The van der Waals surface area contributed by atoms with Gasteiger partial charge in [-0.1, -0.05) is 23.7 Å². The molecule has 1 heterocycles. The van der Waals surface area contributed by atoms with Gasteiger partial charge in [-0.3, -0.25) is 0 Å². The highest BCUT2D eigenvalue weighted by Gasteiger charge is 2.01. The predicted octanol–water partition coefficient (Wildman–Crippen LogP) is 5.46. The van der Waals surface area contributed by atoms with Gasteiger partial charge in [-0.25, -0.2) is 0 Å². The van der Waals surface area contributed by atoms with Gasteiger partial charge in [0, 0.05) is 28.7 Å². The Morgan fingerprint density at radius 2 is 1.95 bits per heavy atom. The fourth-order valence-electron chi connectivity index (χ4n) is 2.65. The maximum absolute atomic E-state index is 6.02. The van der Waals surface area contributed by atoms with Gasteiger partial charge in [-0.15, -0.1) is 0 Å². The van der Waals surface area contributed by atoms with Crippen LogP contribution in [0.15, 0.2) is 54.7 Å². The van der Waals surface area contributed by atoms with E-state index in [0.29, 0.717) is 0 Å². The Morgan fingerprint density at radius 3 is 2.82 bits per heavy atom. The van der Waals surface area contributed by atoms with E-state index in [2.05, 4.69) is 42.0 Å². The monoisotopic (exact) mass is 313 g/mol. The molecule has 0 unspecified atom stereocenters. The Hall–Kier alpha value is -1.93. The molecule has 0 atom stereocenters. The molecule has 114 valence electrons. The molecular formula is C19H20ClNO. The van der Waals surface area contributed by atoms with Gasteiger partial charge >= 0.3 is 0 Å². The summed E-state index contributed by atoms with van der Waals surface area (Å²) in [6.45, 7) is 3.84. The Bertz CT molecular complexity index is 763. The summed E-state index contributed by atoms with van der Waals surface area (Å²) in [6.07, 6.45) is 4.27. The van der Waals surface area contributed by atoms with Crippen LogP contribution in [-0.4, -0.2) is 11.2 Å². The van der Waals surface area contributed by atoms with Crippen molar-refractivity contribution in [2.45, 2.75) is 26.3 Å². The largest absolute Gasteiger partial charge is 0.494 e. The maximum Gasteiger partial charge on any atom is 0.119 e. The minimum atomic E-state index is 0.758. The predicted molar refractivity (Wildman–Crippen MR) is 92.9 cm³/mol. The molecule has 0 aliphatic carbocycles. The van der Waals surface area contributed by atoms with E-state index in [1.165, 1.54) is 16.5 Å². The summed E-state index contributed by atoms with van der Waals surface area (Å²) in [5.41, 5.74) is 2.47. The molecule has 0 N–H and O–H groups in total. The van der Waals surface area contributed by atoms with E-state index < -0.39 is 0 Å². The van der Waals surface area contributed by atoms with E-state index in [-0.39, 0.29) is 0 Å². The Morgan fingerprint density at radius 1 is 1.05 bits per heavy atom. The molecule has 0 fully saturated rings. The first-order chi connectivity index (χ1) is 10.7. The Labute approximate surface area is 136 Å². The zero-order valence-electron chi connectivity index (χ0n) is 12.8. The van der Waals surface area contributed by atoms with Crippen molar-refractivity contribution in [2.24, 2.45) is 0 Å². The third kappa shape index (κ3) is 3.63. The number of halogens is 1. The summed E-state index contributed by atoms with van der Waals surface area (Å²) in [6, 6.07) is 16.3. The summed E-state index contributed by atoms with van der Waals surface area (Å²) < 4.78 is 8.06. The van der Waals surface area contributed by atoms with Gasteiger partial charge in [0.05, 0.1) is 6.61 Å². The standard InChI is InChI=1S/C19H20ClNO/c1-15-5-4-6-18(13-15)22-12-3-2-10-21-11-9-16-14-17(20)7-8-19(16)21/h4-9,11,13-14H,2-3,10,12H2,1H3. The molecule has 0 radical (unpaired) electrons. The summed E-state index contributed by atoms with van der Waals surface area (Å²) in [7, 11) is 0. The quantitative estimate of drug-likeness (QED) is 0.551. The van der Waals surface area contributed by atoms with Crippen molar-refractivity contribution >= 4 is 22.5 Å². The first-order valence-corrected chi connectivity index (χ1v) is 8.04. The molecule has 0 saturated heterocycles. The first-order valence-electron chi connectivity index (χ1n) is 7.66. The smallest absolute Gasteiger partial charge is 0.119 e. The van der Waals surface area contributed by atoms with Crippen molar-refractivity contribution in [3.8, 4) is 5.75 Å². The van der Waals surface area contributed by atoms with Crippen LogP contribution in [0.25, 0.3) is 10.9 Å². The fourth-order valence-corrected chi connectivity index (χ4v) is 2.83. The summed E-state index contributed by atoms with van der Waals surface area (Å²) >= 11 is 6.02. The third-order valence-electron chi connectivity index (χ3n) is 3.78. The maximum atomic E-state index is 6.02. The molecule has 3 rings (SSSR count). The SMILES string of the molecule is Cc1cccc(OCCCCn2ccc3cc(Cl)ccc32)c1. The number of nitrogens with zero attached hydrogens (tertiary/aromatic N) is 1. The van der Waals surface area contributed by atoms with Gasteiger partial charge in [0.2, 0.25) is 0 Å². The van der Waals surface area contributed by atoms with Crippen LogP contribution in [0.3, 0.4) is 0 Å². The Kier molecular flexibility index (Phi) is 4.69. The van der Waals surface area contributed by atoms with Crippen LogP contribution in [0.2, 0.25) is 5.02 Å². The van der Waals surface area contributed by atoms with E-state index in [9.17, 15) is 0 Å². The van der Waals surface area contributed by atoms with Crippen LogP contribution in [-0.2, 0) is 6.54 Å². The van der Waals surface area contributed by atoms with E-state index in [1.54, 1.807) is 0 Å². The van der Waals surface area contributed by atoms with Gasteiger partial charge < -0.3 is 9.30 Å². The van der Waals surface area contributed by atoms with Crippen molar-refractivity contribution in [2.75, 3.05) is 6.61 Å². The number of hydrogen-bond acceptors (Lipinski definition) is 1. The van der Waals surface area contributed by atoms with Crippen LogP contribution in [0.4, 0.5) is 0 Å². The van der Waals surface area contributed by atoms with Gasteiger partial charge in [0.1, 0.15) is 5.75 Å². The minimum absolute atomic E-state index is 0.758. The second-order valence-electron chi connectivity index (χ2n) is 5.58. The van der Waals surface area contributed by atoms with E-state index in [1.807, 2.05) is 24.3 Å². The third-order valence-corrected chi connectivity index (χ3v) is 4.02. The van der Waals surface area contributed by atoms with Crippen molar-refractivity contribution in [3.63, 3.8) is 0 Å². The van der Waals surface area contributed by atoms with E-state index in [0.717, 1.165) is 36.8 Å². The van der Waals surface area contributed by atoms with E-state index in [4.69, 9.17) is 16.3 Å². The van der Waals surface area contributed by atoms with Gasteiger partial charge in [0.25, 0.3) is 0 Å². The molecule has 1 aromatic heterocycles. The van der Waals surface area contributed by atoms with Crippen LogP contribution < -0.4 is 4.74 Å². The molecule has 0 aliphatic heterocycles. The molecular weight excluding hydrogens is 294 g/mol. The van der Waals surface area contributed by atoms with Gasteiger partial charge in [-0.05, 0) is 61.7 Å². The van der Waals surface area contributed by atoms with Crippen molar-refractivity contribution in [1.82, 2.24) is 4.57 Å². The summed E-state index contributed by atoms with van der Waals surface area (Å²) in [4.78, 5) is 0. The summed E-state index contributed by atoms with van der Waals surface area (Å²) in [5, 5.41) is 1.99. The zero-order chi connectivity index (χ0) is 15.4. The van der Waals surface area contributed by atoms with Crippen LogP contribution >= 0.6 is 11.6 Å².